The number of nitrogens with one attached hydrogen (secondary N) is 3. The van der Waals surface area contributed by atoms with Gasteiger partial charge < -0.3 is 25.6 Å². The molecule has 1 atom stereocenters. The average molecular weight is 980 g/mol. The van der Waals surface area contributed by atoms with Crippen LogP contribution in [0.3, 0.4) is 0 Å². The van der Waals surface area contributed by atoms with Gasteiger partial charge in [-0.05, 0) is 149 Å². The number of anilines is 3. The molecule has 352 valence electrons. The average Bonchev–Trinajstić information content (AvgIpc) is 3.91. The standard InChI is InChI=1S/C16H13N3O4S.C16H11N3O4.C16H13N3O3S/c1-24(22,23)13-4-2-12(3-5-13)19-15(20)14(18-16(19)21)10-11-6-8-17-9-7-11;20-14-13(8-10-4-6-17-7-5-10)18-16(23)19(14)12-3-1-2-11(9-12)15(21)22;1-23(22)13-4-2-12(3-5-13)19-15(20)14(18-16(19)21)10-11-6-8-17-9-7-11/h2-10H,1H3,(H,18,21);1-9H,(H,18,23)(H,21,22);2-10H,1H3,(H,18,21)/b14-10-;13-8-;14-10-. The zero-order valence-electron chi connectivity index (χ0n) is 36.6. The third kappa shape index (κ3) is 11.5. The third-order valence-electron chi connectivity index (χ3n) is 9.99. The second-order valence-electron chi connectivity index (χ2n) is 14.8. The minimum atomic E-state index is -3.34. The fourth-order valence-corrected chi connectivity index (χ4v) is 7.74. The predicted octanol–water partition coefficient (Wildman–Crippen LogP) is 5.38. The Balaban J connectivity index is 0.000000155. The minimum absolute atomic E-state index is 0.00494. The highest BCUT2D eigenvalue weighted by molar-refractivity contribution is 7.91. The summed E-state index contributed by atoms with van der Waals surface area (Å²) in [7, 11) is -3.34. The van der Waals surface area contributed by atoms with Crippen LogP contribution in [0.25, 0.3) is 18.2 Å². The first kappa shape index (κ1) is 48.8. The summed E-state index contributed by atoms with van der Waals surface area (Å²) >= 11 is -1.11. The monoisotopic (exact) mass is 979 g/mol. The van der Waals surface area contributed by atoms with Crippen LogP contribution in [0, 0.1) is 0 Å². The molecule has 3 aromatic carbocycles. The van der Waals surface area contributed by atoms with Crippen LogP contribution < -0.4 is 30.7 Å². The van der Waals surface area contributed by atoms with E-state index < -0.39 is 62.8 Å². The molecule has 1 unspecified atom stereocenters. The molecule has 0 saturated carbocycles. The molecule has 4 N–H and O–H groups in total. The Morgan fingerprint density at radius 1 is 0.557 bits per heavy atom. The molecule has 3 saturated heterocycles. The summed E-state index contributed by atoms with van der Waals surface area (Å²) in [6, 6.07) is 26.2. The van der Waals surface area contributed by atoms with E-state index in [2.05, 4.69) is 30.9 Å². The van der Waals surface area contributed by atoms with Gasteiger partial charge in [-0.1, -0.05) is 6.07 Å². The Kier molecular flexibility index (Phi) is 14.8. The van der Waals surface area contributed by atoms with Gasteiger partial charge in [-0.3, -0.25) is 29.3 Å². The number of pyridine rings is 3. The molecule has 6 aromatic rings. The number of amides is 9. The Morgan fingerprint density at radius 3 is 1.26 bits per heavy atom. The molecule has 3 aliphatic heterocycles. The van der Waals surface area contributed by atoms with Gasteiger partial charge in [0.25, 0.3) is 17.7 Å². The maximum absolute atomic E-state index is 12.4. The van der Waals surface area contributed by atoms with Crippen LogP contribution in [-0.2, 0) is 35.4 Å². The topological polar surface area (TPSA) is 281 Å². The van der Waals surface area contributed by atoms with Crippen LogP contribution >= 0.6 is 0 Å². The fourth-order valence-electron chi connectivity index (χ4n) is 6.60. The third-order valence-corrected chi connectivity index (χ3v) is 12.1. The number of benzene rings is 3. The van der Waals surface area contributed by atoms with Crippen LogP contribution in [0.4, 0.5) is 31.4 Å². The summed E-state index contributed by atoms with van der Waals surface area (Å²) in [4.78, 5) is 99.9. The molecule has 0 spiro atoms. The largest absolute Gasteiger partial charge is 0.612 e. The van der Waals surface area contributed by atoms with Crippen molar-refractivity contribution in [2.24, 2.45) is 0 Å². The maximum atomic E-state index is 12.4. The number of carboxylic acids is 1. The van der Waals surface area contributed by atoms with Crippen LogP contribution in [-0.4, -0.2) is 87.3 Å². The van der Waals surface area contributed by atoms with Crippen LogP contribution in [0.5, 0.6) is 0 Å². The van der Waals surface area contributed by atoms with Crippen molar-refractivity contribution in [2.75, 3.05) is 27.2 Å². The van der Waals surface area contributed by atoms with Gasteiger partial charge in [-0.15, -0.1) is 0 Å². The second kappa shape index (κ2) is 21.2. The highest BCUT2D eigenvalue weighted by Gasteiger charge is 2.37. The first-order chi connectivity index (χ1) is 33.5. The molecule has 22 heteroatoms. The first-order valence-corrected chi connectivity index (χ1v) is 23.8. The first-order valence-electron chi connectivity index (χ1n) is 20.4. The molecule has 9 amide bonds. The normalized spacial score (nSPS) is 16.6. The van der Waals surface area contributed by atoms with E-state index in [4.69, 9.17) is 5.11 Å². The van der Waals surface area contributed by atoms with Crippen molar-refractivity contribution in [3.63, 3.8) is 0 Å². The van der Waals surface area contributed by atoms with Gasteiger partial charge in [0.15, 0.2) is 14.7 Å². The number of carboxylic acid groups (broad SMARTS) is 1. The van der Waals surface area contributed by atoms with Crippen LogP contribution in [0.15, 0.2) is 173 Å². The Morgan fingerprint density at radius 2 is 0.914 bits per heavy atom. The zero-order valence-corrected chi connectivity index (χ0v) is 38.3. The molecule has 0 radical (unpaired) electrons. The number of aromatic nitrogens is 3. The molecule has 9 rings (SSSR count). The van der Waals surface area contributed by atoms with Gasteiger partial charge >= 0.3 is 24.1 Å². The maximum Gasteiger partial charge on any atom is 0.335 e. The number of rotatable bonds is 9. The van der Waals surface area contributed by atoms with Crippen molar-refractivity contribution < 1.29 is 51.6 Å². The molecule has 20 nitrogen and oxygen atoms in total. The van der Waals surface area contributed by atoms with E-state index in [1.54, 1.807) is 116 Å². The van der Waals surface area contributed by atoms with Crippen molar-refractivity contribution in [3.05, 3.63) is 186 Å². The highest BCUT2D eigenvalue weighted by Crippen LogP contribution is 2.27. The van der Waals surface area contributed by atoms with E-state index in [1.807, 2.05) is 0 Å². The van der Waals surface area contributed by atoms with Gasteiger partial charge in [0.05, 0.1) is 27.5 Å². The van der Waals surface area contributed by atoms with Crippen molar-refractivity contribution in [3.8, 4) is 0 Å². The minimum Gasteiger partial charge on any atom is -0.612 e. The van der Waals surface area contributed by atoms with E-state index >= 15 is 0 Å². The predicted molar refractivity (Wildman–Crippen MR) is 256 cm³/mol. The molecular weight excluding hydrogens is 943 g/mol. The van der Waals surface area contributed by atoms with Gasteiger partial charge in [-0.25, -0.2) is 42.3 Å². The lowest BCUT2D eigenvalue weighted by molar-refractivity contribution is -0.114. The van der Waals surface area contributed by atoms with Crippen molar-refractivity contribution in [1.29, 1.82) is 0 Å². The van der Waals surface area contributed by atoms with Crippen molar-refractivity contribution >= 4 is 98.1 Å². The van der Waals surface area contributed by atoms with Gasteiger partial charge in [0.1, 0.15) is 23.3 Å². The molecule has 3 aromatic heterocycles. The summed E-state index contributed by atoms with van der Waals surface area (Å²) in [5.74, 6) is -2.62. The molecule has 70 heavy (non-hydrogen) atoms. The number of hydrogen-bond acceptors (Lipinski definition) is 13. The molecular formula is C48H37N9O11S2. The number of carbonyl (C=O) groups is 7. The smallest absolute Gasteiger partial charge is 0.335 e. The SMILES string of the molecule is CS(=O)(=O)c1ccc(N2C(=O)N/C(=C\c3ccncc3)C2=O)cc1.C[S+]([O-])c1ccc(N2C(=O)N/C(=C\c3ccncc3)C2=O)cc1.O=C(O)c1cccc(N2C(=O)N/C(=C\c3ccncc3)C2=O)c1. The number of nitrogens with zero attached hydrogens (tertiary/aromatic N) is 6. The molecule has 6 heterocycles. The van der Waals surface area contributed by atoms with Crippen LogP contribution in [0.2, 0.25) is 0 Å². The summed E-state index contributed by atoms with van der Waals surface area (Å²) < 4.78 is 34.3. The summed E-state index contributed by atoms with van der Waals surface area (Å²) in [5.41, 5.74) is 3.57. The molecule has 0 bridgehead atoms. The van der Waals surface area contributed by atoms with E-state index in [0.717, 1.165) is 32.1 Å². The Bertz CT molecular complexity index is 3230. The van der Waals surface area contributed by atoms with E-state index in [-0.39, 0.29) is 33.2 Å². The van der Waals surface area contributed by atoms with Crippen LogP contribution in [0.1, 0.15) is 27.0 Å². The van der Waals surface area contributed by atoms with E-state index in [9.17, 15) is 46.5 Å². The molecule has 3 aliphatic rings. The number of urea groups is 3. The number of imide groups is 3. The number of aromatic carboxylic acids is 1. The van der Waals surface area contributed by atoms with Gasteiger partial charge in [0, 0.05) is 43.4 Å². The Hall–Kier alpha value is -9.12. The second-order valence-corrected chi connectivity index (χ2v) is 18.2. The molecule has 0 aliphatic carbocycles. The number of carbonyl (C=O) groups excluding carboxylic acids is 6. The van der Waals surface area contributed by atoms with Crippen molar-refractivity contribution in [1.82, 2.24) is 30.9 Å². The fraction of sp³-hybridized carbons (Fsp3) is 0.0417. The van der Waals surface area contributed by atoms with Gasteiger partial charge in [0.2, 0.25) is 0 Å². The zero-order chi connectivity index (χ0) is 50.1. The summed E-state index contributed by atoms with van der Waals surface area (Å²) in [5, 5.41) is 16.6. The van der Waals surface area contributed by atoms with E-state index in [0.29, 0.717) is 21.8 Å². The quantitative estimate of drug-likeness (QED) is 0.0805. The number of sulfone groups is 1. The van der Waals surface area contributed by atoms with Gasteiger partial charge in [-0.2, -0.15) is 0 Å². The summed E-state index contributed by atoms with van der Waals surface area (Å²) in [6.45, 7) is 0. The lowest BCUT2D eigenvalue weighted by atomic mass is 10.2. The Labute approximate surface area is 401 Å². The van der Waals surface area contributed by atoms with Crippen molar-refractivity contribution in [2.45, 2.75) is 9.79 Å². The molecule has 3 fully saturated rings. The lowest BCUT2D eigenvalue weighted by Gasteiger charge is -2.12. The summed E-state index contributed by atoms with van der Waals surface area (Å²) in [6.07, 6.45) is 16.8. The van der Waals surface area contributed by atoms with E-state index in [1.165, 1.54) is 54.6 Å². The number of hydrogen-bond donors (Lipinski definition) is 4. The highest BCUT2D eigenvalue weighted by atomic mass is 32.2. The lowest BCUT2D eigenvalue weighted by Crippen LogP contribution is -2.30.